The van der Waals surface area contributed by atoms with E-state index in [1.165, 1.54) is 18.6 Å². The fraction of sp³-hybridized carbons (Fsp3) is 0.176. The monoisotopic (exact) mass is 387 g/mol. The SMILES string of the molecule is COc1cc(Cl)cc(C(CN)n2cc(NC(=O)c3nccnc3N)cn2)c1. The van der Waals surface area contributed by atoms with Crippen LogP contribution in [0, 0.1) is 0 Å². The largest absolute Gasteiger partial charge is 0.497 e. The quantitative estimate of drug-likeness (QED) is 0.586. The summed E-state index contributed by atoms with van der Waals surface area (Å²) in [4.78, 5) is 20.1. The van der Waals surface area contributed by atoms with Gasteiger partial charge >= 0.3 is 0 Å². The van der Waals surface area contributed by atoms with Crippen molar-refractivity contribution in [2.24, 2.45) is 5.73 Å². The average Bonchev–Trinajstić information content (AvgIpc) is 3.10. The summed E-state index contributed by atoms with van der Waals surface area (Å²) in [5, 5.41) is 7.51. The van der Waals surface area contributed by atoms with E-state index in [2.05, 4.69) is 20.4 Å². The van der Waals surface area contributed by atoms with Crippen LogP contribution in [0.3, 0.4) is 0 Å². The molecule has 1 aromatic carbocycles. The molecule has 1 amide bonds. The van der Waals surface area contributed by atoms with Crippen LogP contribution in [-0.2, 0) is 0 Å². The fourth-order valence-corrected chi connectivity index (χ4v) is 2.81. The lowest BCUT2D eigenvalue weighted by atomic mass is 10.1. The number of aromatic nitrogens is 4. The Morgan fingerprint density at radius 3 is 2.81 bits per heavy atom. The number of anilines is 2. The second-order valence-corrected chi connectivity index (χ2v) is 6.07. The molecule has 0 spiro atoms. The highest BCUT2D eigenvalue weighted by Gasteiger charge is 2.17. The van der Waals surface area contributed by atoms with Crippen molar-refractivity contribution >= 4 is 29.0 Å². The molecular formula is C17H18ClN7O2. The summed E-state index contributed by atoms with van der Waals surface area (Å²) in [6.07, 6.45) is 5.98. The molecule has 1 unspecified atom stereocenters. The van der Waals surface area contributed by atoms with E-state index in [0.717, 1.165) is 5.56 Å². The van der Waals surface area contributed by atoms with Crippen molar-refractivity contribution in [2.45, 2.75) is 6.04 Å². The van der Waals surface area contributed by atoms with Crippen molar-refractivity contribution in [1.82, 2.24) is 19.7 Å². The molecule has 0 bridgehead atoms. The number of benzene rings is 1. The summed E-state index contributed by atoms with van der Waals surface area (Å²) in [6, 6.07) is 5.05. The summed E-state index contributed by atoms with van der Waals surface area (Å²) in [5.74, 6) is 0.192. The van der Waals surface area contributed by atoms with Crippen LogP contribution in [0.25, 0.3) is 0 Å². The van der Waals surface area contributed by atoms with Gasteiger partial charge in [-0.25, -0.2) is 9.97 Å². The van der Waals surface area contributed by atoms with Crippen LogP contribution in [0.15, 0.2) is 43.0 Å². The topological polar surface area (TPSA) is 134 Å². The molecule has 0 aliphatic rings. The van der Waals surface area contributed by atoms with Gasteiger partial charge in [0.15, 0.2) is 11.5 Å². The zero-order valence-corrected chi connectivity index (χ0v) is 15.2. The van der Waals surface area contributed by atoms with Gasteiger partial charge in [0.25, 0.3) is 5.91 Å². The number of nitrogen functional groups attached to an aromatic ring is 1. The van der Waals surface area contributed by atoms with Crippen LogP contribution in [0.1, 0.15) is 22.1 Å². The molecule has 3 rings (SSSR count). The number of methoxy groups -OCH3 is 1. The van der Waals surface area contributed by atoms with Crippen molar-refractivity contribution < 1.29 is 9.53 Å². The van der Waals surface area contributed by atoms with Crippen LogP contribution in [-0.4, -0.2) is 39.3 Å². The smallest absolute Gasteiger partial charge is 0.278 e. The van der Waals surface area contributed by atoms with Gasteiger partial charge in [-0.3, -0.25) is 9.48 Å². The van der Waals surface area contributed by atoms with Gasteiger partial charge in [-0.15, -0.1) is 0 Å². The second kappa shape index (κ2) is 8.02. The van der Waals surface area contributed by atoms with Crippen LogP contribution in [0.5, 0.6) is 5.75 Å². The maximum atomic E-state index is 12.3. The number of halogens is 1. The Balaban J connectivity index is 1.82. The zero-order chi connectivity index (χ0) is 19.4. The van der Waals surface area contributed by atoms with Crippen molar-refractivity contribution in [3.05, 3.63) is 59.3 Å². The Bertz CT molecular complexity index is 960. The van der Waals surface area contributed by atoms with Crippen LogP contribution >= 0.6 is 11.6 Å². The van der Waals surface area contributed by atoms with Gasteiger partial charge in [0.05, 0.1) is 25.0 Å². The molecular weight excluding hydrogens is 370 g/mol. The maximum Gasteiger partial charge on any atom is 0.278 e. The Kier molecular flexibility index (Phi) is 5.53. The van der Waals surface area contributed by atoms with E-state index in [4.69, 9.17) is 27.8 Å². The molecule has 0 fully saturated rings. The molecule has 3 aromatic rings. The Morgan fingerprint density at radius 2 is 2.11 bits per heavy atom. The van der Waals surface area contributed by atoms with Crippen molar-refractivity contribution in [3.63, 3.8) is 0 Å². The summed E-state index contributed by atoms with van der Waals surface area (Å²) in [5.41, 5.74) is 13.0. The molecule has 10 heteroatoms. The minimum Gasteiger partial charge on any atom is -0.497 e. The molecule has 0 aliphatic heterocycles. The van der Waals surface area contributed by atoms with E-state index in [0.29, 0.717) is 16.5 Å². The molecule has 140 valence electrons. The third-order valence-corrected chi connectivity index (χ3v) is 4.08. The van der Waals surface area contributed by atoms with Crippen molar-refractivity contribution in [2.75, 3.05) is 24.7 Å². The van der Waals surface area contributed by atoms with E-state index >= 15 is 0 Å². The molecule has 0 saturated heterocycles. The number of rotatable bonds is 6. The molecule has 2 aromatic heterocycles. The average molecular weight is 388 g/mol. The second-order valence-electron chi connectivity index (χ2n) is 5.63. The summed E-state index contributed by atoms with van der Waals surface area (Å²) in [7, 11) is 1.56. The third-order valence-electron chi connectivity index (χ3n) is 3.86. The molecule has 2 heterocycles. The van der Waals surface area contributed by atoms with E-state index in [9.17, 15) is 4.79 Å². The van der Waals surface area contributed by atoms with Crippen molar-refractivity contribution in [3.8, 4) is 5.75 Å². The van der Waals surface area contributed by atoms with Gasteiger partial charge in [-0.05, 0) is 23.8 Å². The Morgan fingerprint density at radius 1 is 1.33 bits per heavy atom. The first kappa shape index (κ1) is 18.6. The minimum absolute atomic E-state index is 0.0419. The highest BCUT2D eigenvalue weighted by Crippen LogP contribution is 2.27. The normalized spacial score (nSPS) is 11.8. The Hall–Kier alpha value is -3.17. The lowest BCUT2D eigenvalue weighted by molar-refractivity contribution is 0.102. The maximum absolute atomic E-state index is 12.3. The summed E-state index contributed by atoms with van der Waals surface area (Å²) < 4.78 is 6.89. The van der Waals surface area contributed by atoms with Gasteiger partial charge < -0.3 is 21.5 Å². The lowest BCUT2D eigenvalue weighted by Crippen LogP contribution is -2.21. The summed E-state index contributed by atoms with van der Waals surface area (Å²) >= 11 is 6.14. The minimum atomic E-state index is -0.478. The van der Waals surface area contributed by atoms with Crippen LogP contribution < -0.4 is 21.5 Å². The highest BCUT2D eigenvalue weighted by atomic mass is 35.5. The van der Waals surface area contributed by atoms with Crippen molar-refractivity contribution in [1.29, 1.82) is 0 Å². The van der Waals surface area contributed by atoms with E-state index in [1.807, 2.05) is 6.07 Å². The first-order valence-corrected chi connectivity index (χ1v) is 8.36. The zero-order valence-electron chi connectivity index (χ0n) is 14.5. The molecule has 27 heavy (non-hydrogen) atoms. The number of amides is 1. The van der Waals surface area contributed by atoms with E-state index in [-0.39, 0.29) is 24.1 Å². The number of carbonyl (C=O) groups is 1. The van der Waals surface area contributed by atoms with E-state index < -0.39 is 5.91 Å². The van der Waals surface area contributed by atoms with E-state index in [1.54, 1.807) is 30.1 Å². The molecule has 0 radical (unpaired) electrons. The first-order valence-electron chi connectivity index (χ1n) is 7.98. The molecule has 5 N–H and O–H groups in total. The third kappa shape index (κ3) is 4.15. The van der Waals surface area contributed by atoms with Gasteiger partial charge in [0, 0.05) is 30.2 Å². The van der Waals surface area contributed by atoms with Gasteiger partial charge in [0.1, 0.15) is 5.75 Å². The lowest BCUT2D eigenvalue weighted by Gasteiger charge is -2.17. The molecule has 0 aliphatic carbocycles. The number of carbonyl (C=O) groups excluding carboxylic acids is 1. The number of hydrogen-bond acceptors (Lipinski definition) is 7. The fourth-order valence-electron chi connectivity index (χ4n) is 2.58. The Labute approximate surface area is 160 Å². The molecule has 1 atom stereocenters. The molecule has 0 saturated carbocycles. The molecule has 9 nitrogen and oxygen atoms in total. The van der Waals surface area contributed by atoms with Crippen LogP contribution in [0.4, 0.5) is 11.5 Å². The number of nitrogens with two attached hydrogens (primary N) is 2. The number of ether oxygens (including phenoxy) is 1. The number of nitrogens with one attached hydrogen (secondary N) is 1. The predicted molar refractivity (Wildman–Crippen MR) is 102 cm³/mol. The summed E-state index contributed by atoms with van der Waals surface area (Å²) in [6.45, 7) is 0.273. The highest BCUT2D eigenvalue weighted by molar-refractivity contribution is 6.30. The van der Waals surface area contributed by atoms with Gasteiger partial charge in [-0.1, -0.05) is 11.6 Å². The van der Waals surface area contributed by atoms with Crippen LogP contribution in [0.2, 0.25) is 5.02 Å². The van der Waals surface area contributed by atoms with Gasteiger partial charge in [-0.2, -0.15) is 5.10 Å². The van der Waals surface area contributed by atoms with Gasteiger partial charge in [0.2, 0.25) is 0 Å². The number of nitrogens with zero attached hydrogens (tertiary/aromatic N) is 4. The first-order chi connectivity index (χ1) is 13.0. The predicted octanol–water partition coefficient (Wildman–Crippen LogP) is 1.72. The standard InChI is InChI=1S/C17H18ClN7O2/c1-27-13-5-10(4-11(18)6-13)14(7-19)25-9-12(8-23-25)24-17(26)15-16(20)22-3-2-21-15/h2-6,8-9,14H,7,19H2,1H3,(H2,20,22)(H,24,26). The number of hydrogen-bond donors (Lipinski definition) is 3.